The molecule has 2 unspecified atom stereocenters. The average molecular weight is 197 g/mol. The van der Waals surface area contributed by atoms with Gasteiger partial charge >= 0.3 is 0 Å². The molecule has 1 aromatic rings. The van der Waals surface area contributed by atoms with Crippen LogP contribution in [0, 0.1) is 6.92 Å². The predicted octanol–water partition coefficient (Wildman–Crippen LogP) is 0.00692. The van der Waals surface area contributed by atoms with Gasteiger partial charge in [0.15, 0.2) is 0 Å². The summed E-state index contributed by atoms with van der Waals surface area (Å²) in [6, 6.07) is 0.171. The number of likely N-dealkylation sites (tertiary alicyclic amines) is 1. The molecule has 5 nitrogen and oxygen atoms in total. The van der Waals surface area contributed by atoms with Crippen molar-refractivity contribution in [1.82, 2.24) is 10.1 Å². The van der Waals surface area contributed by atoms with Crippen LogP contribution >= 0.6 is 0 Å². The third kappa shape index (κ3) is 1.66. The first-order valence-corrected chi connectivity index (χ1v) is 4.77. The normalized spacial score (nSPS) is 25.5. The Morgan fingerprint density at radius 1 is 1.79 bits per heavy atom. The Labute approximate surface area is 82.5 Å². The molecule has 0 amide bonds. The van der Waals surface area contributed by atoms with Gasteiger partial charge in [0.1, 0.15) is 12.5 Å². The molecule has 2 rings (SSSR count). The highest BCUT2D eigenvalue weighted by Gasteiger charge is 2.27. The van der Waals surface area contributed by atoms with Crippen molar-refractivity contribution in [3.63, 3.8) is 0 Å². The second-order valence-corrected chi connectivity index (χ2v) is 3.77. The van der Waals surface area contributed by atoms with E-state index in [1.807, 2.05) is 11.8 Å². The fraction of sp³-hybridized carbons (Fsp3) is 0.667. The Bertz CT molecular complexity index is 313. The van der Waals surface area contributed by atoms with Crippen molar-refractivity contribution in [2.45, 2.75) is 25.6 Å². The van der Waals surface area contributed by atoms with Crippen molar-refractivity contribution in [1.29, 1.82) is 0 Å². The topological polar surface area (TPSA) is 75.5 Å². The number of aromatic nitrogens is 1. The van der Waals surface area contributed by atoms with E-state index in [4.69, 9.17) is 10.3 Å². The van der Waals surface area contributed by atoms with Crippen LogP contribution in [-0.2, 0) is 0 Å². The van der Waals surface area contributed by atoms with Crippen LogP contribution in [0.1, 0.15) is 23.9 Å². The summed E-state index contributed by atoms with van der Waals surface area (Å²) in [7, 11) is 0. The molecule has 0 saturated carbocycles. The van der Waals surface area contributed by atoms with Crippen LogP contribution in [0.2, 0.25) is 0 Å². The first kappa shape index (κ1) is 9.64. The smallest absolute Gasteiger partial charge is 0.138 e. The molecule has 0 aromatic carbocycles. The Morgan fingerprint density at radius 2 is 2.57 bits per heavy atom. The largest absolute Gasteiger partial charge is 0.374 e. The van der Waals surface area contributed by atoms with E-state index in [1.165, 1.54) is 6.26 Å². The zero-order valence-electron chi connectivity index (χ0n) is 8.18. The van der Waals surface area contributed by atoms with Gasteiger partial charge in [-0.3, -0.25) is 4.90 Å². The number of nitrogens with zero attached hydrogens (tertiary/aromatic N) is 2. The second-order valence-electron chi connectivity index (χ2n) is 3.77. The summed E-state index contributed by atoms with van der Waals surface area (Å²) in [5.74, 6) is 0. The highest BCUT2D eigenvalue weighted by atomic mass is 16.5. The maximum Gasteiger partial charge on any atom is 0.138 e. The minimum absolute atomic E-state index is 0.171. The second kappa shape index (κ2) is 3.68. The first-order chi connectivity index (χ1) is 6.68. The molecule has 3 N–H and O–H groups in total. The van der Waals surface area contributed by atoms with E-state index >= 15 is 0 Å². The predicted molar refractivity (Wildman–Crippen MR) is 50.4 cm³/mol. The van der Waals surface area contributed by atoms with E-state index in [9.17, 15) is 5.11 Å². The van der Waals surface area contributed by atoms with Gasteiger partial charge < -0.3 is 15.4 Å². The molecule has 1 aliphatic rings. The molecule has 1 fully saturated rings. The Balaban J connectivity index is 2.09. The lowest BCUT2D eigenvalue weighted by molar-refractivity contribution is 0.0173. The molecule has 0 radical (unpaired) electrons. The van der Waals surface area contributed by atoms with Gasteiger partial charge in [-0.25, -0.2) is 0 Å². The maximum atomic E-state index is 9.98. The van der Waals surface area contributed by atoms with Gasteiger partial charge in [-0.2, -0.15) is 0 Å². The quantitative estimate of drug-likeness (QED) is 0.698. The number of aliphatic hydroxyl groups is 1. The van der Waals surface area contributed by atoms with Crippen LogP contribution in [0.15, 0.2) is 10.8 Å². The van der Waals surface area contributed by atoms with E-state index < -0.39 is 6.23 Å². The molecular formula is C9H15N3O2. The summed E-state index contributed by atoms with van der Waals surface area (Å²) >= 11 is 0. The first-order valence-electron chi connectivity index (χ1n) is 4.77. The Kier molecular flexibility index (Phi) is 2.54. The molecule has 2 atom stereocenters. The number of hydrogen-bond acceptors (Lipinski definition) is 5. The summed E-state index contributed by atoms with van der Waals surface area (Å²) < 4.78 is 4.78. The number of aryl methyl sites for hydroxylation is 1. The van der Waals surface area contributed by atoms with Gasteiger partial charge in [0.05, 0.1) is 11.3 Å². The minimum atomic E-state index is -0.630. The molecule has 1 aromatic heterocycles. The number of hydrogen-bond donors (Lipinski definition) is 2. The van der Waals surface area contributed by atoms with E-state index in [2.05, 4.69) is 5.16 Å². The molecule has 14 heavy (non-hydrogen) atoms. The maximum absolute atomic E-state index is 9.98. The highest BCUT2D eigenvalue weighted by molar-refractivity contribution is 5.15. The molecule has 5 heteroatoms. The Morgan fingerprint density at radius 3 is 3.07 bits per heavy atom. The van der Waals surface area contributed by atoms with Gasteiger partial charge in [-0.05, 0) is 13.3 Å². The third-order valence-corrected chi connectivity index (χ3v) is 2.67. The summed E-state index contributed by atoms with van der Waals surface area (Å²) in [6.07, 6.45) is 1.79. The summed E-state index contributed by atoms with van der Waals surface area (Å²) in [5.41, 5.74) is 7.23. The van der Waals surface area contributed by atoms with Crippen molar-refractivity contribution in [3.05, 3.63) is 17.5 Å². The Hall–Kier alpha value is -0.910. The van der Waals surface area contributed by atoms with Crippen molar-refractivity contribution in [3.8, 4) is 0 Å². The van der Waals surface area contributed by atoms with E-state index in [0.717, 1.165) is 30.8 Å². The summed E-state index contributed by atoms with van der Waals surface area (Å²) in [4.78, 5) is 1.93. The standard InChI is InChI=1S/C9H15N3O2/c1-6-8(5-14-11-6)9(13)12-3-2-7(10)4-12/h5,7,9,13H,2-4,10H2,1H3. The number of rotatable bonds is 2. The van der Waals surface area contributed by atoms with Crippen LogP contribution in [0.25, 0.3) is 0 Å². The molecule has 0 bridgehead atoms. The molecular weight excluding hydrogens is 182 g/mol. The van der Waals surface area contributed by atoms with Crippen molar-refractivity contribution in [2.75, 3.05) is 13.1 Å². The molecule has 0 spiro atoms. The third-order valence-electron chi connectivity index (χ3n) is 2.67. The lowest BCUT2D eigenvalue weighted by atomic mass is 10.2. The number of aliphatic hydroxyl groups excluding tert-OH is 1. The van der Waals surface area contributed by atoms with Crippen LogP contribution in [0.5, 0.6) is 0 Å². The van der Waals surface area contributed by atoms with Crippen LogP contribution in [0.4, 0.5) is 0 Å². The van der Waals surface area contributed by atoms with Crippen LogP contribution in [-0.4, -0.2) is 34.3 Å². The van der Waals surface area contributed by atoms with Gasteiger partial charge in [-0.15, -0.1) is 0 Å². The fourth-order valence-corrected chi connectivity index (χ4v) is 1.78. The van der Waals surface area contributed by atoms with Gasteiger partial charge in [0, 0.05) is 19.1 Å². The summed E-state index contributed by atoms with van der Waals surface area (Å²) in [6.45, 7) is 3.37. The van der Waals surface area contributed by atoms with Crippen LogP contribution < -0.4 is 5.73 Å². The van der Waals surface area contributed by atoms with Crippen LogP contribution in [0.3, 0.4) is 0 Å². The van der Waals surface area contributed by atoms with Gasteiger partial charge in [0.25, 0.3) is 0 Å². The zero-order valence-corrected chi connectivity index (χ0v) is 8.18. The van der Waals surface area contributed by atoms with Crippen molar-refractivity contribution in [2.24, 2.45) is 5.73 Å². The lowest BCUT2D eigenvalue weighted by Gasteiger charge is -2.21. The van der Waals surface area contributed by atoms with E-state index in [0.29, 0.717) is 0 Å². The summed E-state index contributed by atoms with van der Waals surface area (Å²) in [5, 5.41) is 13.7. The lowest BCUT2D eigenvalue weighted by Crippen LogP contribution is -2.30. The van der Waals surface area contributed by atoms with Gasteiger partial charge in [-0.1, -0.05) is 5.16 Å². The molecule has 1 saturated heterocycles. The van der Waals surface area contributed by atoms with Gasteiger partial charge in [0.2, 0.25) is 0 Å². The van der Waals surface area contributed by atoms with E-state index in [-0.39, 0.29) is 6.04 Å². The zero-order chi connectivity index (χ0) is 10.1. The van der Waals surface area contributed by atoms with Crippen molar-refractivity contribution < 1.29 is 9.63 Å². The fourth-order valence-electron chi connectivity index (χ4n) is 1.78. The monoisotopic (exact) mass is 197 g/mol. The molecule has 0 aliphatic carbocycles. The van der Waals surface area contributed by atoms with E-state index in [1.54, 1.807) is 0 Å². The molecule has 78 valence electrons. The molecule has 2 heterocycles. The number of nitrogens with two attached hydrogens (primary N) is 1. The highest BCUT2D eigenvalue weighted by Crippen LogP contribution is 2.23. The SMILES string of the molecule is Cc1nocc1C(O)N1CCC(N)C1. The molecule has 1 aliphatic heterocycles. The minimum Gasteiger partial charge on any atom is -0.374 e. The van der Waals surface area contributed by atoms with Crippen molar-refractivity contribution >= 4 is 0 Å². The average Bonchev–Trinajstić information content (AvgIpc) is 2.73.